The Balaban J connectivity index is 2.01. The first-order valence-corrected chi connectivity index (χ1v) is 18.2. The Labute approximate surface area is 327 Å². The molecule has 3 fully saturated rings. The zero-order valence-corrected chi connectivity index (χ0v) is 33.2. The summed E-state index contributed by atoms with van der Waals surface area (Å²) in [5.41, 5.74) is -10.1. The second kappa shape index (κ2) is 15.3. The van der Waals surface area contributed by atoms with Gasteiger partial charge in [0.2, 0.25) is 0 Å². The highest BCUT2D eigenvalue weighted by molar-refractivity contribution is 5.91. The van der Waals surface area contributed by atoms with E-state index in [4.69, 9.17) is 42.6 Å². The Hall–Kier alpha value is -5.17. The molecule has 0 radical (unpaired) electrons. The van der Waals surface area contributed by atoms with Crippen molar-refractivity contribution in [1.82, 2.24) is 4.98 Å². The van der Waals surface area contributed by atoms with E-state index in [1.165, 1.54) is 32.2 Å². The molecule has 0 amide bonds. The lowest BCUT2D eigenvalue weighted by Gasteiger charge is -2.67. The highest BCUT2D eigenvalue weighted by Crippen LogP contribution is 2.70. The lowest BCUT2D eigenvalue weighted by atomic mass is 9.45. The van der Waals surface area contributed by atoms with Crippen molar-refractivity contribution in [3.63, 3.8) is 0 Å². The van der Waals surface area contributed by atoms with Gasteiger partial charge in [0.05, 0.1) is 23.1 Å². The van der Waals surface area contributed by atoms with Crippen molar-refractivity contribution >= 4 is 47.8 Å². The third kappa shape index (κ3) is 6.97. The van der Waals surface area contributed by atoms with Gasteiger partial charge in [-0.3, -0.25) is 38.5 Å². The van der Waals surface area contributed by atoms with Crippen LogP contribution in [-0.4, -0.2) is 124 Å². The summed E-state index contributed by atoms with van der Waals surface area (Å²) < 4.78 is 54.3. The zero-order chi connectivity index (χ0) is 42.6. The smallest absolute Gasteiger partial charge is 0.340 e. The first-order valence-electron chi connectivity index (χ1n) is 18.2. The maximum atomic E-state index is 14.3. The number of pyridine rings is 1. The maximum Gasteiger partial charge on any atom is 0.340 e. The molecule has 57 heavy (non-hydrogen) atoms. The normalized spacial score (nSPS) is 38.2. The van der Waals surface area contributed by atoms with Crippen LogP contribution in [0.15, 0.2) is 18.3 Å². The van der Waals surface area contributed by atoms with Gasteiger partial charge in [-0.25, -0.2) is 4.79 Å². The van der Waals surface area contributed by atoms with Crippen LogP contribution in [-0.2, 0) is 76.2 Å². The summed E-state index contributed by atoms with van der Waals surface area (Å²) in [7, 11) is 0. The minimum atomic E-state index is -2.82. The highest BCUT2D eigenvalue weighted by Gasteiger charge is 2.92. The Morgan fingerprint density at radius 1 is 0.772 bits per heavy atom. The van der Waals surface area contributed by atoms with Crippen molar-refractivity contribution in [2.45, 2.75) is 129 Å². The van der Waals surface area contributed by atoms with Crippen LogP contribution in [0.1, 0.15) is 91.2 Å². The largest absolute Gasteiger partial charge is 0.465 e. The molecule has 4 bridgehead atoms. The summed E-state index contributed by atoms with van der Waals surface area (Å²) >= 11 is 0. The average molecular weight is 806 g/mol. The van der Waals surface area contributed by atoms with E-state index in [1.807, 2.05) is 0 Å². The lowest BCUT2D eigenvalue weighted by Crippen LogP contribution is -2.89. The van der Waals surface area contributed by atoms with Crippen LogP contribution in [0.2, 0.25) is 0 Å². The fraction of sp³-hybridized carbons (Fsp3) is 0.658. The first-order chi connectivity index (χ1) is 26.5. The van der Waals surface area contributed by atoms with Crippen molar-refractivity contribution in [2.24, 2.45) is 17.3 Å². The molecule has 13 atom stereocenters. The number of cyclic esters (lactones) is 1. The topological polar surface area (TPSA) is 253 Å². The molecular weight excluding hydrogens is 758 g/mol. The van der Waals surface area contributed by atoms with Crippen molar-refractivity contribution in [3.05, 3.63) is 29.6 Å². The molecule has 1 spiro atoms. The molecule has 0 unspecified atom stereocenters. The SMILES string of the molecule is CC(=O)OC[C@]12[C@H](OC(C)=O)[C@@H](OC(C)=O)[C@@H]3[C@@H](OC(C)=O)[C@@]14O[C@@]3(C)COC(=O)c1cccnc1[C@@H](C)[C@H](C)C(=O)O[C@@H]([C@H](OC(C)=O)[C@@H]2OC(C)=O)[C@]4(C)O. The fourth-order valence-corrected chi connectivity index (χ4v) is 9.25. The quantitative estimate of drug-likeness (QED) is 0.298. The van der Waals surface area contributed by atoms with Crippen LogP contribution in [0.4, 0.5) is 0 Å². The fourth-order valence-electron chi connectivity index (χ4n) is 9.25. The Morgan fingerprint density at radius 3 is 1.84 bits per heavy atom. The van der Waals surface area contributed by atoms with E-state index in [-0.39, 0.29) is 11.3 Å². The third-order valence-electron chi connectivity index (χ3n) is 11.4. The van der Waals surface area contributed by atoms with Crippen molar-refractivity contribution in [1.29, 1.82) is 0 Å². The van der Waals surface area contributed by atoms with Gasteiger partial charge in [0, 0.05) is 53.7 Å². The summed E-state index contributed by atoms with van der Waals surface area (Å²) in [5, 5.41) is 13.4. The van der Waals surface area contributed by atoms with Gasteiger partial charge < -0.3 is 47.7 Å². The molecule has 4 aliphatic rings. The Kier molecular flexibility index (Phi) is 11.5. The molecule has 5 rings (SSSR count). The number of ether oxygens (including phenoxy) is 9. The molecule has 19 nitrogen and oxygen atoms in total. The second-order valence-corrected chi connectivity index (χ2v) is 15.3. The van der Waals surface area contributed by atoms with E-state index >= 15 is 0 Å². The second-order valence-electron chi connectivity index (χ2n) is 15.3. The summed E-state index contributed by atoms with van der Waals surface area (Å²) in [4.78, 5) is 111. The van der Waals surface area contributed by atoms with Crippen LogP contribution >= 0.6 is 0 Å². The maximum absolute atomic E-state index is 14.3. The van der Waals surface area contributed by atoms with E-state index in [1.54, 1.807) is 6.92 Å². The molecule has 19 heteroatoms. The number of hydrogen-bond acceptors (Lipinski definition) is 19. The third-order valence-corrected chi connectivity index (χ3v) is 11.4. The van der Waals surface area contributed by atoms with Crippen molar-refractivity contribution in [2.75, 3.05) is 13.2 Å². The van der Waals surface area contributed by atoms with E-state index in [0.29, 0.717) is 0 Å². The van der Waals surface area contributed by atoms with Crippen molar-refractivity contribution in [3.8, 4) is 0 Å². The number of aliphatic hydroxyl groups is 1. The predicted octanol–water partition coefficient (Wildman–Crippen LogP) is 1.03. The van der Waals surface area contributed by atoms with Crippen LogP contribution in [0, 0.1) is 17.3 Å². The van der Waals surface area contributed by atoms with Crippen LogP contribution in [0.3, 0.4) is 0 Å². The molecule has 2 saturated carbocycles. The Morgan fingerprint density at radius 2 is 1.30 bits per heavy atom. The molecule has 2 aliphatic carbocycles. The highest BCUT2D eigenvalue weighted by atomic mass is 16.7. The van der Waals surface area contributed by atoms with E-state index < -0.39 is 138 Å². The molecule has 1 saturated heterocycles. The minimum Gasteiger partial charge on any atom is -0.465 e. The van der Waals surface area contributed by atoms with Gasteiger partial charge in [0.1, 0.15) is 42.0 Å². The van der Waals surface area contributed by atoms with Gasteiger partial charge in [-0.05, 0) is 26.0 Å². The number of carbonyl (C=O) groups is 8. The van der Waals surface area contributed by atoms with Crippen LogP contribution in [0.5, 0.6) is 0 Å². The van der Waals surface area contributed by atoms with Gasteiger partial charge >= 0.3 is 47.8 Å². The summed E-state index contributed by atoms with van der Waals surface area (Å²) in [6, 6.07) is 2.89. The van der Waals surface area contributed by atoms with E-state index in [0.717, 1.165) is 48.5 Å². The molecule has 1 aromatic heterocycles. The number of rotatable bonds is 7. The summed E-state index contributed by atoms with van der Waals surface area (Å²) in [5.74, 6) is -11.6. The van der Waals surface area contributed by atoms with Gasteiger partial charge in [0.15, 0.2) is 30.0 Å². The number of carbonyl (C=O) groups excluding carboxylic acids is 8. The number of nitrogens with zero attached hydrogens (tertiary/aromatic N) is 1. The number of aromatic nitrogens is 1. The zero-order valence-electron chi connectivity index (χ0n) is 33.2. The van der Waals surface area contributed by atoms with E-state index in [2.05, 4.69) is 4.98 Å². The van der Waals surface area contributed by atoms with Gasteiger partial charge in [-0.15, -0.1) is 0 Å². The monoisotopic (exact) mass is 805 g/mol. The molecule has 0 aromatic carbocycles. The summed E-state index contributed by atoms with van der Waals surface area (Å²) in [6.07, 6.45) is -10.5. The van der Waals surface area contributed by atoms with Crippen LogP contribution in [0.25, 0.3) is 0 Å². The molecular formula is C38H47NO18. The van der Waals surface area contributed by atoms with Crippen molar-refractivity contribution < 1.29 is 86.1 Å². The standard InChI is InChI=1S/C38H47NO18/c1-16-17(2)33(46)56-30-28(52-20(5)42)32(55-23(8)45)37(15-49-18(3)40)31(54-22(7)44)27(51-19(4)41)25-29(53-21(6)43)38(37,36(30,10)48)57-35(25,9)14-50-34(47)24-12-11-13-39-26(16)24/h11-13,16-17,25,27-32,48H,14-15H2,1-10H3/t16-,17-,25+,27-,28-,29+,30-,31+,32-,35-,36-,37+,38-/m0/s1. The summed E-state index contributed by atoms with van der Waals surface area (Å²) in [6.45, 7) is 9.67. The van der Waals surface area contributed by atoms with Crippen LogP contribution < -0.4 is 0 Å². The van der Waals surface area contributed by atoms with E-state index in [9.17, 15) is 43.5 Å². The molecule has 312 valence electrons. The van der Waals surface area contributed by atoms with Gasteiger partial charge in [0.25, 0.3) is 0 Å². The molecule has 2 aliphatic heterocycles. The number of hydrogen-bond donors (Lipinski definition) is 1. The van der Waals surface area contributed by atoms with Gasteiger partial charge in [-0.1, -0.05) is 13.8 Å². The van der Waals surface area contributed by atoms with Gasteiger partial charge in [-0.2, -0.15) is 0 Å². The first kappa shape index (κ1) is 43.0. The number of esters is 8. The Bertz CT molecular complexity index is 1860. The average Bonchev–Trinajstić information content (AvgIpc) is 3.32. The number of fused-ring (bicyclic) bond motifs is 5. The molecule has 1 aromatic rings. The lowest BCUT2D eigenvalue weighted by molar-refractivity contribution is -0.387. The molecule has 1 N–H and O–H groups in total. The molecule has 3 heterocycles. The predicted molar refractivity (Wildman–Crippen MR) is 185 cm³/mol. The minimum absolute atomic E-state index is 0.0422.